The van der Waals surface area contributed by atoms with Crippen LogP contribution in [0.5, 0.6) is 0 Å². The first-order valence-corrected chi connectivity index (χ1v) is 11.0. The lowest BCUT2D eigenvalue weighted by Gasteiger charge is -2.28. The highest BCUT2D eigenvalue weighted by atomic mass is 35.5. The predicted octanol–water partition coefficient (Wildman–Crippen LogP) is 4.59. The normalized spacial score (nSPS) is 12.6. The lowest BCUT2D eigenvalue weighted by atomic mass is 10.1. The van der Waals surface area contributed by atoms with Crippen LogP contribution in [-0.2, 0) is 14.8 Å². The van der Waals surface area contributed by atoms with Crippen molar-refractivity contribution in [3.05, 3.63) is 71.2 Å². The van der Waals surface area contributed by atoms with Crippen molar-refractivity contribution in [2.45, 2.75) is 19.9 Å². The van der Waals surface area contributed by atoms with E-state index in [1.54, 1.807) is 31.2 Å². The van der Waals surface area contributed by atoms with Gasteiger partial charge in [-0.3, -0.25) is 9.10 Å². The van der Waals surface area contributed by atoms with E-state index >= 15 is 0 Å². The standard InChI is InChI=1S/C21H21ClN2O3S/c1-14-11-12-17(13-19(14)22)24(28(3,26)27)15(2)21(25)23-20-10-6-8-16-7-4-5-9-18(16)20/h4-13,15H,1-3H3,(H,23,25)/t15-/m0/s1. The maximum Gasteiger partial charge on any atom is 0.248 e. The van der Waals surface area contributed by atoms with Gasteiger partial charge in [0, 0.05) is 16.1 Å². The Morgan fingerprint density at radius 2 is 1.75 bits per heavy atom. The van der Waals surface area contributed by atoms with Gasteiger partial charge in [-0.25, -0.2) is 8.42 Å². The van der Waals surface area contributed by atoms with Crippen LogP contribution in [0.1, 0.15) is 12.5 Å². The minimum absolute atomic E-state index is 0.346. The summed E-state index contributed by atoms with van der Waals surface area (Å²) in [4.78, 5) is 12.9. The topological polar surface area (TPSA) is 66.5 Å². The molecule has 0 unspecified atom stereocenters. The quantitative estimate of drug-likeness (QED) is 0.661. The van der Waals surface area contributed by atoms with E-state index in [1.165, 1.54) is 0 Å². The van der Waals surface area contributed by atoms with Crippen molar-refractivity contribution in [2.75, 3.05) is 15.9 Å². The van der Waals surface area contributed by atoms with Gasteiger partial charge < -0.3 is 5.32 Å². The molecule has 5 nitrogen and oxygen atoms in total. The summed E-state index contributed by atoms with van der Waals surface area (Å²) in [7, 11) is -3.71. The number of nitrogens with one attached hydrogen (secondary N) is 1. The summed E-state index contributed by atoms with van der Waals surface area (Å²) in [6, 6.07) is 17.2. The Kier molecular flexibility index (Phi) is 5.63. The molecule has 0 saturated heterocycles. The predicted molar refractivity (Wildman–Crippen MR) is 116 cm³/mol. The van der Waals surface area contributed by atoms with Crippen molar-refractivity contribution >= 4 is 49.7 Å². The van der Waals surface area contributed by atoms with Crippen molar-refractivity contribution < 1.29 is 13.2 Å². The third-order valence-corrected chi connectivity index (χ3v) is 6.19. The number of hydrogen-bond donors (Lipinski definition) is 1. The van der Waals surface area contributed by atoms with E-state index in [1.807, 2.05) is 43.3 Å². The largest absolute Gasteiger partial charge is 0.324 e. The van der Waals surface area contributed by atoms with Crippen molar-refractivity contribution in [3.8, 4) is 0 Å². The first-order valence-electron chi connectivity index (χ1n) is 8.72. The van der Waals surface area contributed by atoms with Gasteiger partial charge in [0.15, 0.2) is 0 Å². The summed E-state index contributed by atoms with van der Waals surface area (Å²) in [6.45, 7) is 3.38. The molecule has 0 spiro atoms. The molecule has 0 aliphatic carbocycles. The number of anilines is 2. The second kappa shape index (κ2) is 7.81. The Bertz CT molecular complexity index is 1140. The molecule has 0 radical (unpaired) electrons. The summed E-state index contributed by atoms with van der Waals surface area (Å²) >= 11 is 6.17. The van der Waals surface area contributed by atoms with E-state index in [0.717, 1.165) is 26.9 Å². The van der Waals surface area contributed by atoms with E-state index < -0.39 is 22.0 Å². The van der Waals surface area contributed by atoms with Gasteiger partial charge in [0.2, 0.25) is 15.9 Å². The van der Waals surface area contributed by atoms with Crippen LogP contribution in [0.15, 0.2) is 60.7 Å². The number of nitrogens with zero attached hydrogens (tertiary/aromatic N) is 1. The SMILES string of the molecule is Cc1ccc(N([C@@H](C)C(=O)Nc2cccc3ccccc23)S(C)(=O)=O)cc1Cl. The molecule has 1 N–H and O–H groups in total. The van der Waals surface area contributed by atoms with E-state index in [2.05, 4.69) is 5.32 Å². The summed E-state index contributed by atoms with van der Waals surface area (Å²) in [5, 5.41) is 5.16. The highest BCUT2D eigenvalue weighted by Gasteiger charge is 2.29. The van der Waals surface area contributed by atoms with Crippen molar-refractivity contribution in [3.63, 3.8) is 0 Å². The number of benzene rings is 3. The summed E-state index contributed by atoms with van der Waals surface area (Å²) in [5.41, 5.74) is 1.80. The molecule has 28 heavy (non-hydrogen) atoms. The van der Waals surface area contributed by atoms with Crippen molar-refractivity contribution in [2.24, 2.45) is 0 Å². The van der Waals surface area contributed by atoms with Gasteiger partial charge >= 0.3 is 0 Å². The van der Waals surface area contributed by atoms with E-state index in [9.17, 15) is 13.2 Å². The zero-order valence-corrected chi connectivity index (χ0v) is 17.4. The second-order valence-corrected chi connectivity index (χ2v) is 8.95. The van der Waals surface area contributed by atoms with Gasteiger partial charge in [-0.05, 0) is 43.0 Å². The van der Waals surface area contributed by atoms with Crippen LogP contribution < -0.4 is 9.62 Å². The van der Waals surface area contributed by atoms with Crippen molar-refractivity contribution in [1.29, 1.82) is 0 Å². The minimum Gasteiger partial charge on any atom is -0.324 e. The molecule has 1 atom stereocenters. The fourth-order valence-corrected chi connectivity index (χ4v) is 4.44. The molecule has 146 valence electrons. The Morgan fingerprint density at radius 1 is 1.07 bits per heavy atom. The molecule has 3 aromatic carbocycles. The molecule has 0 aliphatic heterocycles. The molecule has 3 rings (SSSR count). The van der Waals surface area contributed by atoms with Gasteiger partial charge in [0.1, 0.15) is 6.04 Å². The maximum atomic E-state index is 12.9. The Morgan fingerprint density at radius 3 is 2.43 bits per heavy atom. The average molecular weight is 417 g/mol. The lowest BCUT2D eigenvalue weighted by molar-refractivity contribution is -0.116. The molecule has 1 amide bonds. The monoisotopic (exact) mass is 416 g/mol. The molecule has 0 fully saturated rings. The molecule has 7 heteroatoms. The van der Waals surface area contributed by atoms with Crippen LogP contribution in [0.25, 0.3) is 10.8 Å². The van der Waals surface area contributed by atoms with Crippen LogP contribution in [0.4, 0.5) is 11.4 Å². The zero-order valence-electron chi connectivity index (χ0n) is 15.8. The molecular formula is C21H21ClN2O3S. The van der Waals surface area contributed by atoms with Gasteiger partial charge in [-0.2, -0.15) is 0 Å². The molecule has 0 aromatic heterocycles. The number of carbonyl (C=O) groups excluding carboxylic acids is 1. The van der Waals surface area contributed by atoms with Crippen LogP contribution in [-0.4, -0.2) is 26.6 Å². The average Bonchev–Trinajstić information content (AvgIpc) is 2.64. The highest BCUT2D eigenvalue weighted by molar-refractivity contribution is 7.92. The molecule has 0 saturated carbocycles. The van der Waals surface area contributed by atoms with Gasteiger partial charge in [0.05, 0.1) is 11.9 Å². The summed E-state index contributed by atoms with van der Waals surface area (Å²) < 4.78 is 26.0. The number of rotatable bonds is 5. The fraction of sp³-hybridized carbons (Fsp3) is 0.190. The number of aryl methyl sites for hydroxylation is 1. The second-order valence-electron chi connectivity index (χ2n) is 6.68. The van der Waals surface area contributed by atoms with E-state index in [-0.39, 0.29) is 0 Å². The highest BCUT2D eigenvalue weighted by Crippen LogP contribution is 2.28. The molecule has 0 heterocycles. The molecular weight excluding hydrogens is 396 g/mol. The van der Waals surface area contributed by atoms with Crippen LogP contribution in [0.2, 0.25) is 5.02 Å². The van der Waals surface area contributed by atoms with Crippen LogP contribution in [0, 0.1) is 6.92 Å². The summed E-state index contributed by atoms with van der Waals surface area (Å²) in [5.74, 6) is -0.432. The first kappa shape index (κ1) is 20.2. The van der Waals surface area contributed by atoms with E-state index in [4.69, 9.17) is 11.6 Å². The number of hydrogen-bond acceptors (Lipinski definition) is 3. The number of amides is 1. The lowest BCUT2D eigenvalue weighted by Crippen LogP contribution is -2.45. The molecule has 0 aliphatic rings. The Balaban J connectivity index is 1.95. The number of sulfonamides is 1. The smallest absolute Gasteiger partial charge is 0.248 e. The molecule has 0 bridgehead atoms. The van der Waals surface area contributed by atoms with Crippen molar-refractivity contribution in [1.82, 2.24) is 0 Å². The number of halogens is 1. The molecule has 3 aromatic rings. The Labute approximate surface area is 170 Å². The number of fused-ring (bicyclic) bond motifs is 1. The number of carbonyl (C=O) groups is 1. The Hall–Kier alpha value is -2.57. The third-order valence-electron chi connectivity index (χ3n) is 4.55. The van der Waals surface area contributed by atoms with Crippen LogP contribution in [0.3, 0.4) is 0 Å². The summed E-state index contributed by atoms with van der Waals surface area (Å²) in [6.07, 6.45) is 1.07. The van der Waals surface area contributed by atoms with E-state index in [0.29, 0.717) is 16.4 Å². The van der Waals surface area contributed by atoms with Gasteiger partial charge in [-0.15, -0.1) is 0 Å². The fourth-order valence-electron chi connectivity index (χ4n) is 3.10. The maximum absolute atomic E-state index is 12.9. The van der Waals surface area contributed by atoms with Crippen LogP contribution >= 0.6 is 11.6 Å². The minimum atomic E-state index is -3.71. The first-order chi connectivity index (χ1) is 13.2. The van der Waals surface area contributed by atoms with Gasteiger partial charge in [-0.1, -0.05) is 54.1 Å². The van der Waals surface area contributed by atoms with Gasteiger partial charge in [0.25, 0.3) is 0 Å². The zero-order chi connectivity index (χ0) is 20.5. The third kappa shape index (κ3) is 4.13.